The van der Waals surface area contributed by atoms with E-state index in [9.17, 15) is 0 Å². The molecule has 2 N–H and O–H groups in total. The molecule has 3 nitrogen and oxygen atoms in total. The summed E-state index contributed by atoms with van der Waals surface area (Å²) in [5, 5.41) is 0. The van der Waals surface area contributed by atoms with Gasteiger partial charge in [-0.25, -0.2) is 0 Å². The lowest BCUT2D eigenvalue weighted by atomic mass is 10.00. The Morgan fingerprint density at radius 3 is 2.65 bits per heavy atom. The molecule has 0 radical (unpaired) electrons. The van der Waals surface area contributed by atoms with Crippen molar-refractivity contribution in [3.63, 3.8) is 0 Å². The summed E-state index contributed by atoms with van der Waals surface area (Å²) in [5.74, 6) is 0. The summed E-state index contributed by atoms with van der Waals surface area (Å²) in [5.41, 5.74) is 10.1. The van der Waals surface area contributed by atoms with Gasteiger partial charge in [0.15, 0.2) is 0 Å². The molecule has 0 aromatic heterocycles. The maximum atomic E-state index is 6.00. The Hall–Kier alpha value is -1.06. The lowest BCUT2D eigenvalue weighted by molar-refractivity contribution is 0.0459. The number of rotatable bonds is 5. The Morgan fingerprint density at radius 1 is 1.35 bits per heavy atom. The molecule has 0 spiro atoms. The lowest BCUT2D eigenvalue weighted by Gasteiger charge is -2.35. The van der Waals surface area contributed by atoms with Crippen LogP contribution in [0.1, 0.15) is 37.8 Å². The average Bonchev–Trinajstić information content (AvgIpc) is 2.40. The van der Waals surface area contributed by atoms with Gasteiger partial charge in [-0.1, -0.05) is 17.7 Å². The predicted molar refractivity (Wildman–Crippen MR) is 85.4 cm³/mol. The van der Waals surface area contributed by atoms with Crippen molar-refractivity contribution in [2.45, 2.75) is 52.2 Å². The second-order valence-corrected chi connectivity index (χ2v) is 5.96. The summed E-state index contributed by atoms with van der Waals surface area (Å²) in [6.45, 7) is 9.29. The number of nitrogens with two attached hydrogens (primary N) is 1. The Bertz CT molecular complexity index is 423. The van der Waals surface area contributed by atoms with Crippen LogP contribution in [-0.2, 0) is 11.2 Å². The summed E-state index contributed by atoms with van der Waals surface area (Å²) in [4.78, 5) is 2.49. The van der Waals surface area contributed by atoms with Gasteiger partial charge in [0.05, 0.1) is 6.10 Å². The Labute approximate surface area is 123 Å². The molecule has 112 valence electrons. The van der Waals surface area contributed by atoms with Crippen molar-refractivity contribution >= 4 is 5.69 Å². The normalized spacial score (nSPS) is 18.3. The number of piperidine rings is 1. The number of benzene rings is 1. The molecular formula is C17H28N2O. The van der Waals surface area contributed by atoms with E-state index in [1.807, 2.05) is 0 Å². The van der Waals surface area contributed by atoms with Gasteiger partial charge in [0, 0.05) is 31.4 Å². The fourth-order valence-electron chi connectivity index (χ4n) is 3.03. The summed E-state index contributed by atoms with van der Waals surface area (Å²) >= 11 is 0. The first-order valence-electron chi connectivity index (χ1n) is 7.81. The van der Waals surface area contributed by atoms with Crippen LogP contribution in [0.2, 0.25) is 0 Å². The van der Waals surface area contributed by atoms with E-state index in [4.69, 9.17) is 10.5 Å². The quantitative estimate of drug-likeness (QED) is 0.898. The molecule has 1 aliphatic rings. The van der Waals surface area contributed by atoms with Gasteiger partial charge in [0.2, 0.25) is 0 Å². The van der Waals surface area contributed by atoms with Crippen LogP contribution in [0.3, 0.4) is 0 Å². The smallest absolute Gasteiger partial charge is 0.0608 e. The van der Waals surface area contributed by atoms with Crippen LogP contribution in [0.25, 0.3) is 0 Å². The number of aryl methyl sites for hydroxylation is 1. The van der Waals surface area contributed by atoms with E-state index >= 15 is 0 Å². The number of anilines is 1. The van der Waals surface area contributed by atoms with Gasteiger partial charge in [-0.3, -0.25) is 0 Å². The topological polar surface area (TPSA) is 38.5 Å². The molecule has 1 aliphatic heterocycles. The van der Waals surface area contributed by atoms with E-state index < -0.39 is 0 Å². The van der Waals surface area contributed by atoms with Crippen LogP contribution in [-0.4, -0.2) is 31.8 Å². The van der Waals surface area contributed by atoms with Gasteiger partial charge in [-0.05, 0) is 51.7 Å². The SMILES string of the molecule is CCOC1CCN(c2ccc(C)cc2CC(C)N)CC1. The summed E-state index contributed by atoms with van der Waals surface area (Å²) in [6.07, 6.45) is 3.64. The first kappa shape index (κ1) is 15.3. The summed E-state index contributed by atoms with van der Waals surface area (Å²) < 4.78 is 5.73. The van der Waals surface area contributed by atoms with Gasteiger partial charge in [0.1, 0.15) is 0 Å². The van der Waals surface area contributed by atoms with Gasteiger partial charge in [-0.2, -0.15) is 0 Å². The second-order valence-electron chi connectivity index (χ2n) is 5.96. The van der Waals surface area contributed by atoms with E-state index in [1.165, 1.54) is 16.8 Å². The molecule has 2 rings (SSSR count). The molecule has 0 bridgehead atoms. The van der Waals surface area contributed by atoms with Gasteiger partial charge in [0.25, 0.3) is 0 Å². The number of hydrogen-bond donors (Lipinski definition) is 1. The van der Waals surface area contributed by atoms with Gasteiger partial charge < -0.3 is 15.4 Å². The van der Waals surface area contributed by atoms with Crippen LogP contribution in [0.15, 0.2) is 18.2 Å². The molecule has 0 saturated carbocycles. The zero-order valence-electron chi connectivity index (χ0n) is 13.1. The van der Waals surface area contributed by atoms with Gasteiger partial charge in [-0.15, -0.1) is 0 Å². The standard InChI is InChI=1S/C17H28N2O/c1-4-20-16-7-9-19(10-8-16)17-6-5-13(2)11-15(17)12-14(3)18/h5-6,11,14,16H,4,7-10,12,18H2,1-3H3. The lowest BCUT2D eigenvalue weighted by Crippen LogP contribution is -2.37. The minimum Gasteiger partial charge on any atom is -0.378 e. The largest absolute Gasteiger partial charge is 0.378 e. The molecule has 1 aromatic carbocycles. The van der Waals surface area contributed by atoms with Crippen molar-refractivity contribution in [3.05, 3.63) is 29.3 Å². The van der Waals surface area contributed by atoms with Crippen molar-refractivity contribution in [3.8, 4) is 0 Å². The maximum Gasteiger partial charge on any atom is 0.0608 e. The molecule has 0 aliphatic carbocycles. The molecule has 1 heterocycles. The van der Waals surface area contributed by atoms with E-state index in [-0.39, 0.29) is 6.04 Å². The highest BCUT2D eigenvalue weighted by atomic mass is 16.5. The minimum atomic E-state index is 0.205. The van der Waals surface area contributed by atoms with Crippen molar-refractivity contribution < 1.29 is 4.74 Å². The Balaban J connectivity index is 2.09. The maximum absolute atomic E-state index is 6.00. The van der Waals surface area contributed by atoms with Crippen LogP contribution >= 0.6 is 0 Å². The fourth-order valence-corrected chi connectivity index (χ4v) is 3.03. The molecule has 1 atom stereocenters. The fraction of sp³-hybridized carbons (Fsp3) is 0.647. The number of hydrogen-bond acceptors (Lipinski definition) is 3. The summed E-state index contributed by atoms with van der Waals surface area (Å²) in [7, 11) is 0. The molecule has 1 fully saturated rings. The molecule has 1 unspecified atom stereocenters. The highest BCUT2D eigenvalue weighted by Crippen LogP contribution is 2.27. The van der Waals surface area contributed by atoms with Crippen LogP contribution < -0.4 is 10.6 Å². The monoisotopic (exact) mass is 276 g/mol. The molecule has 20 heavy (non-hydrogen) atoms. The van der Waals surface area contributed by atoms with Crippen molar-refractivity contribution in [2.24, 2.45) is 5.73 Å². The van der Waals surface area contributed by atoms with Crippen molar-refractivity contribution in [2.75, 3.05) is 24.6 Å². The third-order valence-corrected chi connectivity index (χ3v) is 3.96. The van der Waals surface area contributed by atoms with E-state index in [0.29, 0.717) is 6.10 Å². The first-order valence-corrected chi connectivity index (χ1v) is 7.81. The van der Waals surface area contributed by atoms with E-state index in [0.717, 1.165) is 39.0 Å². The van der Waals surface area contributed by atoms with E-state index in [1.54, 1.807) is 0 Å². The van der Waals surface area contributed by atoms with Gasteiger partial charge >= 0.3 is 0 Å². The number of ether oxygens (including phenoxy) is 1. The highest BCUT2D eigenvalue weighted by molar-refractivity contribution is 5.55. The first-order chi connectivity index (χ1) is 9.60. The minimum absolute atomic E-state index is 0.205. The third-order valence-electron chi connectivity index (χ3n) is 3.96. The molecule has 1 saturated heterocycles. The predicted octanol–water partition coefficient (Wildman–Crippen LogP) is 2.89. The van der Waals surface area contributed by atoms with Crippen molar-refractivity contribution in [1.29, 1.82) is 0 Å². The molecule has 1 aromatic rings. The van der Waals surface area contributed by atoms with Crippen LogP contribution in [0, 0.1) is 6.92 Å². The van der Waals surface area contributed by atoms with Crippen molar-refractivity contribution in [1.82, 2.24) is 0 Å². The number of nitrogens with zero attached hydrogens (tertiary/aromatic N) is 1. The summed E-state index contributed by atoms with van der Waals surface area (Å²) in [6, 6.07) is 6.95. The Morgan fingerprint density at radius 2 is 2.05 bits per heavy atom. The second kappa shape index (κ2) is 7.09. The zero-order valence-corrected chi connectivity index (χ0v) is 13.1. The zero-order chi connectivity index (χ0) is 14.5. The Kier molecular flexibility index (Phi) is 5.44. The molecular weight excluding hydrogens is 248 g/mol. The average molecular weight is 276 g/mol. The molecule has 3 heteroatoms. The van der Waals surface area contributed by atoms with E-state index in [2.05, 4.69) is 43.9 Å². The van der Waals surface area contributed by atoms with Crippen LogP contribution in [0.4, 0.5) is 5.69 Å². The van der Waals surface area contributed by atoms with Crippen LogP contribution in [0.5, 0.6) is 0 Å². The third kappa shape index (κ3) is 3.97. The highest BCUT2D eigenvalue weighted by Gasteiger charge is 2.21. The molecule has 0 amide bonds.